The Morgan fingerprint density at radius 3 is 2.88 bits per heavy atom. The van der Waals surface area contributed by atoms with E-state index in [9.17, 15) is 4.39 Å². The van der Waals surface area contributed by atoms with E-state index >= 15 is 0 Å². The van der Waals surface area contributed by atoms with Crippen LogP contribution in [0.5, 0.6) is 5.75 Å². The van der Waals surface area contributed by atoms with Gasteiger partial charge >= 0.3 is 0 Å². The summed E-state index contributed by atoms with van der Waals surface area (Å²) in [6, 6.07) is 13.0. The van der Waals surface area contributed by atoms with Gasteiger partial charge in [-0.2, -0.15) is 0 Å². The van der Waals surface area contributed by atoms with Gasteiger partial charge in [0.15, 0.2) is 0 Å². The van der Waals surface area contributed by atoms with Crippen LogP contribution in [0.15, 0.2) is 42.5 Å². The van der Waals surface area contributed by atoms with E-state index < -0.39 is 0 Å². The Balaban J connectivity index is 1.41. The summed E-state index contributed by atoms with van der Waals surface area (Å²) < 4.78 is 19.3. The molecule has 0 aliphatic heterocycles. The quantitative estimate of drug-likeness (QED) is 0.615. The lowest BCUT2D eigenvalue weighted by molar-refractivity contribution is 0.320. The maximum Gasteiger partial charge on any atom is 0.123 e. The molecular weight excluding hydrogens is 333 g/mol. The maximum absolute atomic E-state index is 13.4. The normalized spacial score (nSPS) is 13.0. The molecule has 4 rings (SSSR count). The van der Waals surface area contributed by atoms with Crippen molar-refractivity contribution in [2.24, 2.45) is 0 Å². The van der Waals surface area contributed by atoms with Crippen molar-refractivity contribution < 1.29 is 9.13 Å². The van der Waals surface area contributed by atoms with E-state index in [0.717, 1.165) is 39.7 Å². The van der Waals surface area contributed by atoms with Crippen molar-refractivity contribution in [3.8, 4) is 16.3 Å². The van der Waals surface area contributed by atoms with Crippen LogP contribution in [-0.4, -0.2) is 11.6 Å². The molecule has 0 atom stereocenters. The predicted octanol–water partition coefficient (Wildman–Crippen LogP) is 5.37. The van der Waals surface area contributed by atoms with Crippen LogP contribution >= 0.6 is 11.3 Å². The number of hydrogen-bond acceptors (Lipinski definition) is 3. The van der Waals surface area contributed by atoms with Crippen molar-refractivity contribution >= 4 is 11.3 Å². The molecule has 4 heteroatoms. The Kier molecular flexibility index (Phi) is 4.53. The minimum absolute atomic E-state index is 0.230. The largest absolute Gasteiger partial charge is 0.493 e. The Bertz CT molecular complexity index is 903. The van der Waals surface area contributed by atoms with E-state index in [4.69, 9.17) is 4.74 Å². The van der Waals surface area contributed by atoms with E-state index in [1.165, 1.54) is 36.1 Å². The van der Waals surface area contributed by atoms with Gasteiger partial charge in [0.1, 0.15) is 16.6 Å². The number of aryl methyl sites for hydroxylation is 3. The molecule has 2 aromatic carbocycles. The van der Waals surface area contributed by atoms with Gasteiger partial charge in [0.25, 0.3) is 0 Å². The molecule has 1 aliphatic rings. The van der Waals surface area contributed by atoms with E-state index in [2.05, 4.69) is 30.1 Å². The van der Waals surface area contributed by atoms with Gasteiger partial charge in [-0.25, -0.2) is 9.37 Å². The lowest BCUT2D eigenvalue weighted by Crippen LogP contribution is -2.03. The number of benzene rings is 2. The highest BCUT2D eigenvalue weighted by molar-refractivity contribution is 7.15. The van der Waals surface area contributed by atoms with Crippen LogP contribution < -0.4 is 4.74 Å². The Labute approximate surface area is 151 Å². The van der Waals surface area contributed by atoms with Crippen molar-refractivity contribution in [3.63, 3.8) is 0 Å². The zero-order valence-corrected chi connectivity index (χ0v) is 15.0. The second-order valence-corrected chi connectivity index (χ2v) is 7.62. The van der Waals surface area contributed by atoms with Gasteiger partial charge in [0.05, 0.1) is 12.3 Å². The molecule has 3 aromatic rings. The number of nitrogens with zero attached hydrogens (tertiary/aromatic N) is 1. The smallest absolute Gasteiger partial charge is 0.123 e. The first-order valence-corrected chi connectivity index (χ1v) is 9.47. The molecule has 0 spiro atoms. The molecule has 2 nitrogen and oxygen atoms in total. The maximum atomic E-state index is 13.4. The van der Waals surface area contributed by atoms with E-state index in [-0.39, 0.29) is 5.82 Å². The van der Waals surface area contributed by atoms with Crippen molar-refractivity contribution in [1.29, 1.82) is 0 Å². The molecule has 1 heterocycles. The SMILES string of the molecule is Cc1sc(-c2cccc(F)c2)nc1CCOc1ccc2c(c1)CCC2. The Morgan fingerprint density at radius 2 is 2.00 bits per heavy atom. The van der Waals surface area contributed by atoms with Gasteiger partial charge < -0.3 is 4.74 Å². The summed E-state index contributed by atoms with van der Waals surface area (Å²) in [4.78, 5) is 5.85. The van der Waals surface area contributed by atoms with Gasteiger partial charge in [-0.3, -0.25) is 0 Å². The van der Waals surface area contributed by atoms with Gasteiger partial charge in [0.2, 0.25) is 0 Å². The predicted molar refractivity (Wildman–Crippen MR) is 99.9 cm³/mol. The summed E-state index contributed by atoms with van der Waals surface area (Å²) in [7, 11) is 0. The molecule has 0 fully saturated rings. The lowest BCUT2D eigenvalue weighted by Gasteiger charge is -2.07. The summed E-state index contributed by atoms with van der Waals surface area (Å²) in [6.07, 6.45) is 4.36. The summed E-state index contributed by atoms with van der Waals surface area (Å²) in [6.45, 7) is 2.66. The van der Waals surface area contributed by atoms with Crippen molar-refractivity contribution in [3.05, 3.63) is 70.0 Å². The minimum atomic E-state index is -0.230. The first kappa shape index (κ1) is 16.3. The van der Waals surface area contributed by atoms with Gasteiger partial charge in [0, 0.05) is 16.9 Å². The summed E-state index contributed by atoms with van der Waals surface area (Å²) in [5.74, 6) is 0.714. The van der Waals surface area contributed by atoms with Gasteiger partial charge in [-0.05, 0) is 61.6 Å². The molecule has 1 aliphatic carbocycles. The topological polar surface area (TPSA) is 22.1 Å². The fourth-order valence-corrected chi connectivity index (χ4v) is 4.26. The van der Waals surface area contributed by atoms with E-state index in [1.54, 1.807) is 17.4 Å². The second kappa shape index (κ2) is 6.96. The molecule has 0 saturated carbocycles. The van der Waals surface area contributed by atoms with Crippen LogP contribution in [0.1, 0.15) is 28.1 Å². The van der Waals surface area contributed by atoms with Crippen LogP contribution in [0, 0.1) is 12.7 Å². The Hall–Kier alpha value is -2.20. The summed E-state index contributed by atoms with van der Waals surface area (Å²) in [5, 5.41) is 0.865. The average Bonchev–Trinajstić information content (AvgIpc) is 3.21. The number of fused-ring (bicyclic) bond motifs is 1. The number of rotatable bonds is 5. The van der Waals surface area contributed by atoms with Crippen LogP contribution in [-0.2, 0) is 19.3 Å². The monoisotopic (exact) mass is 353 g/mol. The second-order valence-electron chi connectivity index (χ2n) is 6.41. The first-order valence-electron chi connectivity index (χ1n) is 8.66. The lowest BCUT2D eigenvalue weighted by atomic mass is 10.1. The molecule has 1 aromatic heterocycles. The highest BCUT2D eigenvalue weighted by Crippen LogP contribution is 2.29. The first-order chi connectivity index (χ1) is 12.2. The van der Waals surface area contributed by atoms with Crippen molar-refractivity contribution in [2.45, 2.75) is 32.6 Å². The molecule has 128 valence electrons. The molecular formula is C21H20FNOS. The summed E-state index contributed by atoms with van der Waals surface area (Å²) in [5.41, 5.74) is 4.75. The summed E-state index contributed by atoms with van der Waals surface area (Å²) >= 11 is 1.61. The molecule has 25 heavy (non-hydrogen) atoms. The molecule has 0 amide bonds. The molecule has 0 N–H and O–H groups in total. The van der Waals surface area contributed by atoms with E-state index in [0.29, 0.717) is 6.61 Å². The van der Waals surface area contributed by atoms with Gasteiger partial charge in [-0.15, -0.1) is 11.3 Å². The third-order valence-corrected chi connectivity index (χ3v) is 5.70. The number of ether oxygens (including phenoxy) is 1. The number of hydrogen-bond donors (Lipinski definition) is 0. The van der Waals surface area contributed by atoms with Crippen molar-refractivity contribution in [2.75, 3.05) is 6.61 Å². The number of aromatic nitrogens is 1. The molecule has 0 saturated heterocycles. The van der Waals surface area contributed by atoms with Gasteiger partial charge in [-0.1, -0.05) is 18.2 Å². The third kappa shape index (κ3) is 3.59. The number of halogens is 1. The van der Waals surface area contributed by atoms with Crippen LogP contribution in [0.25, 0.3) is 10.6 Å². The van der Waals surface area contributed by atoms with Crippen LogP contribution in [0.4, 0.5) is 4.39 Å². The molecule has 0 bridgehead atoms. The Morgan fingerprint density at radius 1 is 1.12 bits per heavy atom. The average molecular weight is 353 g/mol. The highest BCUT2D eigenvalue weighted by Gasteiger charge is 2.12. The number of thiazole rings is 1. The fourth-order valence-electron chi connectivity index (χ4n) is 3.31. The van der Waals surface area contributed by atoms with Crippen LogP contribution in [0.3, 0.4) is 0 Å². The van der Waals surface area contributed by atoms with Crippen molar-refractivity contribution in [1.82, 2.24) is 4.98 Å². The third-order valence-electron chi connectivity index (χ3n) is 4.64. The van der Waals surface area contributed by atoms with Crippen LogP contribution in [0.2, 0.25) is 0 Å². The zero-order chi connectivity index (χ0) is 17.2. The standard InChI is InChI=1S/C21H20FNOS/c1-14-20(23-21(25-14)17-6-3-7-18(22)12-17)10-11-24-19-9-8-15-4-2-5-16(15)13-19/h3,6-9,12-13H,2,4-5,10-11H2,1H3. The minimum Gasteiger partial charge on any atom is -0.493 e. The van der Waals surface area contributed by atoms with E-state index in [1.807, 2.05) is 6.07 Å². The zero-order valence-electron chi connectivity index (χ0n) is 14.2. The molecule has 0 unspecified atom stereocenters. The molecule has 0 radical (unpaired) electrons. The fraction of sp³-hybridized carbons (Fsp3) is 0.286. The highest BCUT2D eigenvalue weighted by atomic mass is 32.1.